The fourth-order valence-corrected chi connectivity index (χ4v) is 3.95. The predicted molar refractivity (Wildman–Crippen MR) is 93.7 cm³/mol. The Hall–Kier alpha value is -1.20. The van der Waals surface area contributed by atoms with E-state index in [1.807, 2.05) is 22.6 Å². The number of sulfonamides is 1. The van der Waals surface area contributed by atoms with Crippen LogP contribution in [0.3, 0.4) is 0 Å². The van der Waals surface area contributed by atoms with Crippen LogP contribution in [0.5, 0.6) is 0 Å². The Kier molecular flexibility index (Phi) is 4.12. The Morgan fingerprint density at radius 2 is 2.05 bits per heavy atom. The van der Waals surface area contributed by atoms with Crippen molar-refractivity contribution in [3.63, 3.8) is 0 Å². The highest BCUT2D eigenvalue weighted by molar-refractivity contribution is 14.1. The number of halogens is 3. The van der Waals surface area contributed by atoms with Gasteiger partial charge in [0.25, 0.3) is 10.0 Å². The van der Waals surface area contributed by atoms with Crippen LogP contribution in [0.15, 0.2) is 46.0 Å². The quantitative estimate of drug-likeness (QED) is 0.428. The zero-order valence-corrected chi connectivity index (χ0v) is 15.3. The second-order valence-electron chi connectivity index (χ2n) is 4.41. The average Bonchev–Trinajstić information content (AvgIpc) is 2.85. The first kappa shape index (κ1) is 15.7. The third-order valence-electron chi connectivity index (χ3n) is 2.93. The van der Waals surface area contributed by atoms with E-state index in [4.69, 9.17) is 0 Å². The molecule has 0 fully saturated rings. The third kappa shape index (κ3) is 2.97. The smallest absolute Gasteiger partial charge is 0.264 e. The SMILES string of the molecule is O=S(=O)(Nc1ccc(I)cc1F)c1c[nH]c2nc(Br)ccc12. The van der Waals surface area contributed by atoms with Crippen molar-refractivity contribution in [1.82, 2.24) is 9.97 Å². The van der Waals surface area contributed by atoms with Crippen molar-refractivity contribution in [2.45, 2.75) is 4.90 Å². The summed E-state index contributed by atoms with van der Waals surface area (Å²) in [5.41, 5.74) is 0.331. The van der Waals surface area contributed by atoms with E-state index in [9.17, 15) is 12.8 Å². The van der Waals surface area contributed by atoms with Gasteiger partial charge in [-0.1, -0.05) is 0 Å². The molecule has 0 unspecified atom stereocenters. The van der Waals surface area contributed by atoms with Crippen LogP contribution in [-0.4, -0.2) is 18.4 Å². The van der Waals surface area contributed by atoms with Crippen molar-refractivity contribution in [1.29, 1.82) is 0 Å². The van der Waals surface area contributed by atoms with Crippen LogP contribution in [0.25, 0.3) is 11.0 Å². The Morgan fingerprint density at radius 1 is 1.27 bits per heavy atom. The molecule has 114 valence electrons. The normalized spacial score (nSPS) is 11.8. The topological polar surface area (TPSA) is 74.8 Å². The monoisotopic (exact) mass is 495 g/mol. The summed E-state index contributed by atoms with van der Waals surface area (Å²) in [6.07, 6.45) is 1.33. The number of fused-ring (bicyclic) bond motifs is 1. The molecule has 0 aliphatic rings. The van der Waals surface area contributed by atoms with E-state index in [-0.39, 0.29) is 10.6 Å². The van der Waals surface area contributed by atoms with Crippen LogP contribution in [0.1, 0.15) is 0 Å². The lowest BCUT2D eigenvalue weighted by molar-refractivity contribution is 0.599. The average molecular weight is 496 g/mol. The zero-order chi connectivity index (χ0) is 15.9. The Balaban J connectivity index is 2.05. The third-order valence-corrected chi connectivity index (χ3v) is 5.45. The molecule has 0 amide bonds. The van der Waals surface area contributed by atoms with Gasteiger partial charge in [-0.2, -0.15) is 0 Å². The van der Waals surface area contributed by atoms with Gasteiger partial charge in [0.1, 0.15) is 21.0 Å². The Bertz CT molecular complexity index is 975. The van der Waals surface area contributed by atoms with Crippen molar-refractivity contribution in [3.8, 4) is 0 Å². The van der Waals surface area contributed by atoms with Gasteiger partial charge in [-0.15, -0.1) is 0 Å². The molecule has 5 nitrogen and oxygen atoms in total. The summed E-state index contributed by atoms with van der Waals surface area (Å²) >= 11 is 5.17. The molecule has 3 aromatic rings. The van der Waals surface area contributed by atoms with E-state index < -0.39 is 15.8 Å². The fraction of sp³-hybridized carbons (Fsp3) is 0. The highest BCUT2D eigenvalue weighted by Crippen LogP contribution is 2.26. The van der Waals surface area contributed by atoms with Gasteiger partial charge in [0, 0.05) is 15.2 Å². The van der Waals surface area contributed by atoms with E-state index in [0.29, 0.717) is 19.2 Å². The molecule has 2 aromatic heterocycles. The molecule has 3 rings (SSSR count). The fourth-order valence-electron chi connectivity index (χ4n) is 1.95. The molecule has 0 atom stereocenters. The molecule has 0 radical (unpaired) electrons. The number of hydrogen-bond acceptors (Lipinski definition) is 3. The van der Waals surface area contributed by atoms with E-state index in [1.165, 1.54) is 18.3 Å². The van der Waals surface area contributed by atoms with Crippen molar-refractivity contribution < 1.29 is 12.8 Å². The summed E-state index contributed by atoms with van der Waals surface area (Å²) in [4.78, 5) is 6.94. The molecule has 0 bridgehead atoms. The van der Waals surface area contributed by atoms with Crippen molar-refractivity contribution in [2.75, 3.05) is 4.72 Å². The van der Waals surface area contributed by atoms with Crippen LogP contribution in [0.2, 0.25) is 0 Å². The van der Waals surface area contributed by atoms with Gasteiger partial charge < -0.3 is 4.98 Å². The second-order valence-corrected chi connectivity index (χ2v) is 8.12. The largest absolute Gasteiger partial charge is 0.345 e. The number of hydrogen-bond donors (Lipinski definition) is 2. The maximum absolute atomic E-state index is 13.8. The highest BCUT2D eigenvalue weighted by atomic mass is 127. The van der Waals surface area contributed by atoms with E-state index >= 15 is 0 Å². The number of aromatic amines is 1. The number of benzene rings is 1. The molecule has 0 saturated carbocycles. The van der Waals surface area contributed by atoms with E-state index in [1.54, 1.807) is 18.2 Å². The molecule has 0 saturated heterocycles. The number of nitrogens with zero attached hydrogens (tertiary/aromatic N) is 1. The number of H-pyrrole nitrogens is 1. The lowest BCUT2D eigenvalue weighted by Crippen LogP contribution is -2.13. The molecule has 22 heavy (non-hydrogen) atoms. The molecule has 2 N–H and O–H groups in total. The molecule has 1 aromatic carbocycles. The highest BCUT2D eigenvalue weighted by Gasteiger charge is 2.21. The van der Waals surface area contributed by atoms with Crippen molar-refractivity contribution >= 4 is 65.3 Å². The van der Waals surface area contributed by atoms with Gasteiger partial charge in [-0.05, 0) is 68.9 Å². The maximum Gasteiger partial charge on any atom is 0.264 e. The zero-order valence-electron chi connectivity index (χ0n) is 10.8. The molecule has 2 heterocycles. The van der Waals surface area contributed by atoms with Crippen LogP contribution in [0, 0.1) is 9.39 Å². The van der Waals surface area contributed by atoms with Crippen LogP contribution in [-0.2, 0) is 10.0 Å². The Labute approximate surface area is 147 Å². The molecule has 0 spiro atoms. The first-order valence-corrected chi connectivity index (χ1v) is 9.34. The van der Waals surface area contributed by atoms with Crippen LogP contribution < -0.4 is 4.72 Å². The summed E-state index contributed by atoms with van der Waals surface area (Å²) in [7, 11) is -3.92. The molecule has 0 aliphatic carbocycles. The number of nitrogens with one attached hydrogen (secondary N) is 2. The molecular weight excluding hydrogens is 488 g/mol. The van der Waals surface area contributed by atoms with Gasteiger partial charge in [0.2, 0.25) is 0 Å². The maximum atomic E-state index is 13.8. The van der Waals surface area contributed by atoms with Crippen LogP contribution >= 0.6 is 38.5 Å². The molecular formula is C13H8BrFIN3O2S. The van der Waals surface area contributed by atoms with Crippen molar-refractivity contribution in [2.24, 2.45) is 0 Å². The predicted octanol–water partition coefficient (Wildman–Crippen LogP) is 3.87. The van der Waals surface area contributed by atoms with Crippen LogP contribution in [0.4, 0.5) is 10.1 Å². The minimum Gasteiger partial charge on any atom is -0.345 e. The molecule has 9 heteroatoms. The van der Waals surface area contributed by atoms with Gasteiger partial charge in [0.05, 0.1) is 5.69 Å². The van der Waals surface area contributed by atoms with Gasteiger partial charge >= 0.3 is 0 Å². The van der Waals surface area contributed by atoms with Crippen molar-refractivity contribution in [3.05, 3.63) is 50.5 Å². The van der Waals surface area contributed by atoms with Gasteiger partial charge in [-0.25, -0.2) is 17.8 Å². The lowest BCUT2D eigenvalue weighted by atomic mass is 10.3. The number of aromatic nitrogens is 2. The van der Waals surface area contributed by atoms with Gasteiger partial charge in [-0.3, -0.25) is 4.72 Å². The minimum absolute atomic E-state index is 0.0143. The Morgan fingerprint density at radius 3 is 2.77 bits per heavy atom. The number of pyridine rings is 1. The first-order chi connectivity index (χ1) is 10.4. The minimum atomic E-state index is -3.92. The summed E-state index contributed by atoms with van der Waals surface area (Å²) in [5.74, 6) is -0.629. The molecule has 0 aliphatic heterocycles. The first-order valence-electron chi connectivity index (χ1n) is 5.98. The van der Waals surface area contributed by atoms with E-state index in [0.717, 1.165) is 0 Å². The summed E-state index contributed by atoms with van der Waals surface area (Å²) in [5, 5.41) is 0.432. The summed E-state index contributed by atoms with van der Waals surface area (Å²) < 4.78 is 42.3. The van der Waals surface area contributed by atoms with E-state index in [2.05, 4.69) is 30.6 Å². The lowest BCUT2D eigenvalue weighted by Gasteiger charge is -2.08. The van der Waals surface area contributed by atoms with Gasteiger partial charge in [0.15, 0.2) is 0 Å². The summed E-state index contributed by atoms with van der Waals surface area (Å²) in [6.45, 7) is 0. The standard InChI is InChI=1S/C13H8BrFIN3O2S/c14-12-4-2-8-11(6-17-13(8)18-12)22(20,21)19-10-3-1-7(16)5-9(10)15/h1-6,19H,(H,17,18). The second kappa shape index (κ2) is 5.78. The number of rotatable bonds is 3. The number of anilines is 1. The summed E-state index contributed by atoms with van der Waals surface area (Å²) in [6, 6.07) is 7.53.